The standard InChI is InChI=1S/C44H50N2Si/c1-29(2)38-24-41-34-19-13-12-18-33(34)22-23-37-35-20-14-15-21-36(35)42-25-39(30(3)4)43(47(6,7)8)28-46(42)44(37)31(5)26-45(41)27-40(38)32-16-10-9-11-17-32/h9-21,24-25,27-30,37,44H,5,22-23,26H2,1-4,6-8H3/q+2. The second kappa shape index (κ2) is 12.2. The zero-order valence-electron chi connectivity index (χ0n) is 29.3. The molecule has 47 heavy (non-hydrogen) atoms. The summed E-state index contributed by atoms with van der Waals surface area (Å²) in [5, 5.41) is 1.57. The molecule has 0 radical (unpaired) electrons. The number of benzene rings is 3. The molecular formula is C44H50N2Si+2. The van der Waals surface area contributed by atoms with Gasteiger partial charge >= 0.3 is 0 Å². The molecule has 0 fully saturated rings. The summed E-state index contributed by atoms with van der Waals surface area (Å²) in [4.78, 5) is 0. The predicted molar refractivity (Wildman–Crippen MR) is 200 cm³/mol. The molecule has 2 aliphatic heterocycles. The Kier molecular flexibility index (Phi) is 8.16. The van der Waals surface area contributed by atoms with Gasteiger partial charge in [0.25, 0.3) is 0 Å². The van der Waals surface area contributed by atoms with Gasteiger partial charge in [-0.15, -0.1) is 0 Å². The lowest BCUT2D eigenvalue weighted by atomic mass is 9.76. The quantitative estimate of drug-likeness (QED) is 0.106. The van der Waals surface area contributed by atoms with Gasteiger partial charge in [0.2, 0.25) is 11.4 Å². The van der Waals surface area contributed by atoms with E-state index in [1.54, 1.807) is 5.19 Å². The minimum atomic E-state index is -1.63. The fraction of sp³-hybridized carbons (Fsp3) is 0.318. The Balaban J connectivity index is 1.48. The third-order valence-corrected chi connectivity index (χ3v) is 12.6. The molecule has 4 heterocycles. The highest BCUT2D eigenvalue weighted by atomic mass is 28.3. The van der Waals surface area contributed by atoms with Crippen molar-refractivity contribution in [3.8, 4) is 33.6 Å². The maximum Gasteiger partial charge on any atom is 0.213 e. The van der Waals surface area contributed by atoms with Crippen LogP contribution >= 0.6 is 0 Å². The molecule has 7 rings (SSSR count). The van der Waals surface area contributed by atoms with Crippen LogP contribution in [-0.4, -0.2) is 8.07 Å². The Morgan fingerprint density at radius 2 is 1.34 bits per heavy atom. The number of allylic oxidation sites excluding steroid dienone is 1. The van der Waals surface area contributed by atoms with Crippen LogP contribution in [0.1, 0.15) is 80.2 Å². The van der Waals surface area contributed by atoms with Crippen LogP contribution in [0.25, 0.3) is 33.6 Å². The van der Waals surface area contributed by atoms with Crippen LogP contribution in [0.4, 0.5) is 0 Å². The lowest BCUT2D eigenvalue weighted by molar-refractivity contribution is -0.722. The summed E-state index contributed by atoms with van der Waals surface area (Å²) in [6.07, 6.45) is 7.10. The summed E-state index contributed by atoms with van der Waals surface area (Å²) < 4.78 is 5.17. The van der Waals surface area contributed by atoms with Gasteiger partial charge < -0.3 is 0 Å². The zero-order chi connectivity index (χ0) is 33.0. The van der Waals surface area contributed by atoms with Crippen LogP contribution in [0.15, 0.2) is 116 Å². The van der Waals surface area contributed by atoms with Crippen molar-refractivity contribution < 1.29 is 9.13 Å². The fourth-order valence-corrected chi connectivity index (χ4v) is 10.0. The van der Waals surface area contributed by atoms with Crippen molar-refractivity contribution >= 4 is 13.3 Å². The molecule has 0 bridgehead atoms. The molecule has 0 aliphatic carbocycles. The number of pyridine rings is 2. The molecule has 5 aromatic rings. The lowest BCUT2D eigenvalue weighted by Crippen LogP contribution is -2.55. The predicted octanol–water partition coefficient (Wildman–Crippen LogP) is 9.90. The first-order valence-corrected chi connectivity index (χ1v) is 21.1. The van der Waals surface area contributed by atoms with Gasteiger partial charge in [-0.1, -0.05) is 121 Å². The fourth-order valence-electron chi connectivity index (χ4n) is 8.27. The van der Waals surface area contributed by atoms with Gasteiger partial charge in [0.05, 0.1) is 19.6 Å². The second-order valence-electron chi connectivity index (χ2n) is 15.5. The van der Waals surface area contributed by atoms with E-state index in [9.17, 15) is 0 Å². The Bertz CT molecular complexity index is 1980. The molecule has 0 amide bonds. The van der Waals surface area contributed by atoms with Gasteiger partial charge in [0.1, 0.15) is 0 Å². The molecular weight excluding hydrogens is 585 g/mol. The van der Waals surface area contributed by atoms with Gasteiger partial charge in [-0.3, -0.25) is 0 Å². The van der Waals surface area contributed by atoms with E-state index in [0.717, 1.165) is 19.4 Å². The molecule has 2 aromatic heterocycles. The Morgan fingerprint density at radius 3 is 2.04 bits per heavy atom. The Morgan fingerprint density at radius 1 is 0.702 bits per heavy atom. The number of fused-ring (bicyclic) bond motifs is 9. The zero-order valence-corrected chi connectivity index (χ0v) is 30.3. The molecule has 0 saturated carbocycles. The van der Waals surface area contributed by atoms with Gasteiger partial charge in [-0.2, -0.15) is 9.13 Å². The molecule has 2 nitrogen and oxygen atoms in total. The highest BCUT2D eigenvalue weighted by molar-refractivity contribution is 6.89. The second-order valence-corrected chi connectivity index (χ2v) is 20.5. The Hall–Kier alpha value is -4.08. The van der Waals surface area contributed by atoms with Gasteiger partial charge in [0, 0.05) is 34.0 Å². The van der Waals surface area contributed by atoms with E-state index < -0.39 is 8.07 Å². The molecule has 238 valence electrons. The molecule has 3 heteroatoms. The highest BCUT2D eigenvalue weighted by Crippen LogP contribution is 2.45. The van der Waals surface area contributed by atoms with Crippen LogP contribution < -0.4 is 14.3 Å². The maximum atomic E-state index is 4.98. The molecule has 2 unspecified atom stereocenters. The van der Waals surface area contributed by atoms with Crippen LogP contribution in [0.2, 0.25) is 19.6 Å². The van der Waals surface area contributed by atoms with E-state index in [4.69, 9.17) is 6.58 Å². The summed E-state index contributed by atoms with van der Waals surface area (Å²) in [7, 11) is -1.63. The van der Waals surface area contributed by atoms with Crippen LogP contribution in [-0.2, 0) is 13.0 Å². The van der Waals surface area contributed by atoms with Crippen molar-refractivity contribution in [3.63, 3.8) is 0 Å². The van der Waals surface area contributed by atoms with Gasteiger partial charge in [0.15, 0.2) is 25.0 Å². The smallest absolute Gasteiger partial charge is 0.193 e. The topological polar surface area (TPSA) is 7.76 Å². The average Bonchev–Trinajstić information content (AvgIpc) is 3.06. The number of aryl methyl sites for hydroxylation is 1. The van der Waals surface area contributed by atoms with E-state index >= 15 is 0 Å². The highest BCUT2D eigenvalue weighted by Gasteiger charge is 2.45. The first-order valence-electron chi connectivity index (χ1n) is 17.6. The van der Waals surface area contributed by atoms with Crippen molar-refractivity contribution in [1.29, 1.82) is 0 Å². The molecule has 3 aromatic carbocycles. The van der Waals surface area contributed by atoms with E-state index in [2.05, 4.69) is 160 Å². The number of hydrogen-bond donors (Lipinski definition) is 0. The summed E-state index contributed by atoms with van der Waals surface area (Å²) in [5.41, 5.74) is 15.0. The summed E-state index contributed by atoms with van der Waals surface area (Å²) in [6.45, 7) is 22.6. The molecule has 2 atom stereocenters. The van der Waals surface area contributed by atoms with E-state index in [1.807, 2.05) is 0 Å². The number of hydrogen-bond acceptors (Lipinski definition) is 0. The number of aromatic nitrogens is 2. The van der Waals surface area contributed by atoms with Crippen LogP contribution in [0.3, 0.4) is 0 Å². The molecule has 2 aliphatic rings. The SMILES string of the molecule is C=C1C[n+]2cc(-c3ccccc3)c(C(C)C)cc2-c2ccccc2CCC2c3ccccc3-c3cc(C(C)C)c([Si](C)(C)C)c[n+]3C12. The first-order chi connectivity index (χ1) is 22.5. The number of rotatable bonds is 4. The monoisotopic (exact) mass is 634 g/mol. The van der Waals surface area contributed by atoms with Crippen molar-refractivity contribution in [2.24, 2.45) is 0 Å². The van der Waals surface area contributed by atoms with E-state index in [1.165, 1.54) is 61.5 Å². The largest absolute Gasteiger partial charge is 0.213 e. The first kappa shape index (κ1) is 31.5. The third-order valence-electron chi connectivity index (χ3n) is 10.6. The van der Waals surface area contributed by atoms with E-state index in [0.29, 0.717) is 17.8 Å². The molecule has 0 N–H and O–H groups in total. The Labute approximate surface area is 283 Å². The van der Waals surface area contributed by atoms with E-state index in [-0.39, 0.29) is 6.04 Å². The third kappa shape index (κ3) is 5.63. The van der Waals surface area contributed by atoms with Crippen molar-refractivity contribution in [2.45, 2.75) is 90.5 Å². The maximum absolute atomic E-state index is 4.98. The molecule has 0 spiro atoms. The minimum Gasteiger partial charge on any atom is -0.193 e. The average molecular weight is 635 g/mol. The summed E-state index contributed by atoms with van der Waals surface area (Å²) in [5.74, 6) is 1.22. The summed E-state index contributed by atoms with van der Waals surface area (Å²) in [6, 6.07) is 34.5. The van der Waals surface area contributed by atoms with Crippen molar-refractivity contribution in [1.82, 2.24) is 0 Å². The lowest BCUT2D eigenvalue weighted by Gasteiger charge is -2.34. The van der Waals surface area contributed by atoms with Crippen LogP contribution in [0, 0.1) is 0 Å². The van der Waals surface area contributed by atoms with Crippen molar-refractivity contribution in [2.75, 3.05) is 0 Å². The van der Waals surface area contributed by atoms with Gasteiger partial charge in [-0.25, -0.2) is 0 Å². The number of nitrogens with zero attached hydrogens (tertiary/aromatic N) is 2. The summed E-state index contributed by atoms with van der Waals surface area (Å²) >= 11 is 0. The minimum absolute atomic E-state index is 0.173. The van der Waals surface area contributed by atoms with Crippen molar-refractivity contribution in [3.05, 3.63) is 138 Å². The molecule has 0 saturated heterocycles. The van der Waals surface area contributed by atoms with Crippen LogP contribution in [0.5, 0.6) is 0 Å². The van der Waals surface area contributed by atoms with Gasteiger partial charge in [-0.05, 0) is 64.6 Å². The normalized spacial score (nSPS) is 17.4.